The molecule has 138 valence electrons. The fourth-order valence-electron chi connectivity index (χ4n) is 4.85. The lowest BCUT2D eigenvalue weighted by atomic mass is 9.70. The van der Waals surface area contributed by atoms with Crippen molar-refractivity contribution in [2.75, 3.05) is 32.8 Å². The number of carbonyl (C=O) groups is 1. The van der Waals surface area contributed by atoms with Gasteiger partial charge in [0.2, 0.25) is 5.91 Å². The molecule has 8 nitrogen and oxygen atoms in total. The molecular weight excluding hydrogens is 320 g/mol. The Hall–Kier alpha value is -1.54. The lowest BCUT2D eigenvalue weighted by Gasteiger charge is -2.44. The number of piperazine rings is 1. The fraction of sp³-hybridized carbons (Fsp3) is 0.882. The summed E-state index contributed by atoms with van der Waals surface area (Å²) in [6.07, 6.45) is 5.44. The summed E-state index contributed by atoms with van der Waals surface area (Å²) in [5, 5.41) is 11.8. The van der Waals surface area contributed by atoms with Gasteiger partial charge in [-0.05, 0) is 36.6 Å². The van der Waals surface area contributed by atoms with E-state index in [-0.39, 0.29) is 17.6 Å². The number of amides is 1. The summed E-state index contributed by atoms with van der Waals surface area (Å²) in [6, 6.07) is 0.160. The molecule has 1 aromatic heterocycles. The molecule has 1 amide bonds. The number of hydrogen-bond acceptors (Lipinski definition) is 6. The highest BCUT2D eigenvalue weighted by Crippen LogP contribution is 2.47. The first-order valence-corrected chi connectivity index (χ1v) is 9.49. The van der Waals surface area contributed by atoms with Crippen molar-refractivity contribution in [2.24, 2.45) is 12.5 Å². The van der Waals surface area contributed by atoms with Crippen molar-refractivity contribution in [3.63, 3.8) is 0 Å². The Morgan fingerprint density at radius 3 is 2.76 bits per heavy atom. The lowest BCUT2D eigenvalue weighted by Crippen LogP contribution is -2.56. The molecule has 4 rings (SSSR count). The molecule has 0 N–H and O–H groups in total. The summed E-state index contributed by atoms with van der Waals surface area (Å²) in [6.45, 7) is 6.16. The number of aryl methyl sites for hydroxylation is 1. The van der Waals surface area contributed by atoms with Crippen LogP contribution in [-0.4, -0.2) is 74.8 Å². The smallest absolute Gasteiger partial charge is 0.231 e. The Labute approximate surface area is 148 Å². The van der Waals surface area contributed by atoms with Crippen molar-refractivity contribution < 1.29 is 9.53 Å². The Morgan fingerprint density at radius 2 is 2.04 bits per heavy atom. The number of rotatable bonds is 3. The Morgan fingerprint density at radius 1 is 1.24 bits per heavy atom. The molecule has 0 aromatic carbocycles. The van der Waals surface area contributed by atoms with Gasteiger partial charge in [-0.25, -0.2) is 4.68 Å². The lowest BCUT2D eigenvalue weighted by molar-refractivity contribution is -0.150. The van der Waals surface area contributed by atoms with Crippen molar-refractivity contribution in [3.8, 4) is 0 Å². The number of hydrogen-bond donors (Lipinski definition) is 0. The van der Waals surface area contributed by atoms with E-state index in [0.717, 1.165) is 64.3 Å². The third-order valence-corrected chi connectivity index (χ3v) is 6.42. The van der Waals surface area contributed by atoms with E-state index in [1.54, 1.807) is 4.68 Å². The topological polar surface area (TPSA) is 76.4 Å². The number of aromatic nitrogens is 4. The van der Waals surface area contributed by atoms with Gasteiger partial charge in [0.05, 0.1) is 17.6 Å². The summed E-state index contributed by atoms with van der Waals surface area (Å²) < 4.78 is 7.64. The maximum Gasteiger partial charge on any atom is 0.231 e. The average molecular weight is 348 g/mol. The van der Waals surface area contributed by atoms with Gasteiger partial charge in [-0.1, -0.05) is 12.8 Å². The Bertz CT molecular complexity index is 626. The van der Waals surface area contributed by atoms with E-state index in [1.165, 1.54) is 6.42 Å². The molecule has 3 heterocycles. The third-order valence-electron chi connectivity index (χ3n) is 6.42. The summed E-state index contributed by atoms with van der Waals surface area (Å²) in [7, 11) is 1.87. The van der Waals surface area contributed by atoms with E-state index in [4.69, 9.17) is 4.74 Å². The predicted octanol–water partition coefficient (Wildman–Crippen LogP) is 0.765. The van der Waals surface area contributed by atoms with Crippen LogP contribution in [0.5, 0.6) is 0 Å². The van der Waals surface area contributed by atoms with Gasteiger partial charge in [0.15, 0.2) is 5.82 Å². The van der Waals surface area contributed by atoms with E-state index < -0.39 is 0 Å². The first kappa shape index (κ1) is 16.9. The first-order valence-electron chi connectivity index (χ1n) is 9.49. The number of tetrazole rings is 1. The molecular formula is C17H28N6O2. The van der Waals surface area contributed by atoms with Crippen LogP contribution >= 0.6 is 0 Å². The quantitative estimate of drug-likeness (QED) is 0.803. The predicted molar refractivity (Wildman–Crippen MR) is 90.6 cm³/mol. The van der Waals surface area contributed by atoms with Gasteiger partial charge in [-0.2, -0.15) is 0 Å². The van der Waals surface area contributed by atoms with Crippen LogP contribution < -0.4 is 0 Å². The summed E-state index contributed by atoms with van der Waals surface area (Å²) in [5.74, 6) is 1.21. The largest absolute Gasteiger partial charge is 0.377 e. The zero-order valence-corrected chi connectivity index (χ0v) is 15.2. The molecule has 8 heteroatoms. The van der Waals surface area contributed by atoms with E-state index >= 15 is 0 Å². The van der Waals surface area contributed by atoms with Gasteiger partial charge in [0.1, 0.15) is 0 Å². The Balaban J connectivity index is 1.40. The van der Waals surface area contributed by atoms with Gasteiger partial charge in [-0.15, -0.1) is 5.10 Å². The molecule has 3 unspecified atom stereocenters. The summed E-state index contributed by atoms with van der Waals surface area (Å²) >= 11 is 0. The minimum Gasteiger partial charge on any atom is -0.377 e. The zero-order valence-electron chi connectivity index (χ0n) is 15.2. The summed E-state index contributed by atoms with van der Waals surface area (Å²) in [4.78, 5) is 17.7. The highest BCUT2D eigenvalue weighted by Gasteiger charge is 2.52. The van der Waals surface area contributed by atoms with Crippen molar-refractivity contribution >= 4 is 5.91 Å². The SMILES string of the molecule is CC(c1nnnn1C)N1CCN(C(=O)C23CCCCC2OCC3)CC1. The second-order valence-corrected chi connectivity index (χ2v) is 7.68. The van der Waals surface area contributed by atoms with Crippen LogP contribution in [0, 0.1) is 5.41 Å². The Kier molecular flexibility index (Phi) is 4.49. The van der Waals surface area contributed by atoms with Crippen LogP contribution in [0.3, 0.4) is 0 Å². The second-order valence-electron chi connectivity index (χ2n) is 7.68. The maximum absolute atomic E-state index is 13.3. The molecule has 1 aliphatic carbocycles. The minimum absolute atomic E-state index is 0.149. The van der Waals surface area contributed by atoms with Gasteiger partial charge in [0, 0.05) is 39.8 Å². The van der Waals surface area contributed by atoms with Crippen molar-refractivity contribution in [2.45, 2.75) is 51.2 Å². The van der Waals surface area contributed by atoms with Crippen LogP contribution in [0.4, 0.5) is 0 Å². The molecule has 0 spiro atoms. The average Bonchev–Trinajstić information content (AvgIpc) is 3.27. The number of carbonyl (C=O) groups excluding carboxylic acids is 1. The maximum atomic E-state index is 13.3. The second kappa shape index (κ2) is 6.64. The normalized spacial score (nSPS) is 31.8. The van der Waals surface area contributed by atoms with Crippen LogP contribution in [0.1, 0.15) is 50.9 Å². The molecule has 0 bridgehead atoms. The van der Waals surface area contributed by atoms with Gasteiger partial charge < -0.3 is 9.64 Å². The van der Waals surface area contributed by atoms with Crippen LogP contribution in [0.25, 0.3) is 0 Å². The van der Waals surface area contributed by atoms with E-state index in [9.17, 15) is 4.79 Å². The van der Waals surface area contributed by atoms with Gasteiger partial charge >= 0.3 is 0 Å². The van der Waals surface area contributed by atoms with Gasteiger partial charge in [-0.3, -0.25) is 9.69 Å². The van der Waals surface area contributed by atoms with Crippen LogP contribution in [-0.2, 0) is 16.6 Å². The molecule has 1 saturated carbocycles. The summed E-state index contributed by atoms with van der Waals surface area (Å²) in [5.41, 5.74) is -0.237. The van der Waals surface area contributed by atoms with Crippen molar-refractivity contribution in [1.82, 2.24) is 30.0 Å². The number of nitrogens with zero attached hydrogens (tertiary/aromatic N) is 6. The standard InChI is InChI=1S/C17H28N6O2/c1-13(15-18-19-20-21(15)2)22-8-10-23(11-9-22)16(24)17-6-4-3-5-14(17)25-12-7-17/h13-14H,3-12H2,1-2H3. The van der Waals surface area contributed by atoms with Crippen LogP contribution in [0.2, 0.25) is 0 Å². The molecule has 1 aromatic rings. The van der Waals surface area contributed by atoms with Crippen molar-refractivity contribution in [1.29, 1.82) is 0 Å². The molecule has 2 saturated heterocycles. The molecule has 3 atom stereocenters. The zero-order chi connectivity index (χ0) is 17.4. The minimum atomic E-state index is -0.237. The van der Waals surface area contributed by atoms with E-state index in [2.05, 4.69) is 32.2 Å². The van der Waals surface area contributed by atoms with Crippen molar-refractivity contribution in [3.05, 3.63) is 5.82 Å². The first-order chi connectivity index (χ1) is 12.1. The number of fused-ring (bicyclic) bond motifs is 1. The molecule has 3 fully saturated rings. The molecule has 0 radical (unpaired) electrons. The monoisotopic (exact) mass is 348 g/mol. The highest BCUT2D eigenvalue weighted by atomic mass is 16.5. The number of ether oxygens (including phenoxy) is 1. The highest BCUT2D eigenvalue weighted by molar-refractivity contribution is 5.84. The van der Waals surface area contributed by atoms with Crippen LogP contribution in [0.15, 0.2) is 0 Å². The van der Waals surface area contributed by atoms with E-state index in [0.29, 0.717) is 5.91 Å². The molecule has 3 aliphatic rings. The van der Waals surface area contributed by atoms with Gasteiger partial charge in [0.25, 0.3) is 0 Å². The molecule has 2 aliphatic heterocycles. The van der Waals surface area contributed by atoms with E-state index in [1.807, 2.05) is 7.05 Å². The molecule has 25 heavy (non-hydrogen) atoms. The third kappa shape index (κ3) is 2.85. The fourth-order valence-corrected chi connectivity index (χ4v) is 4.85.